The third-order valence-electron chi connectivity index (χ3n) is 4.69. The van der Waals surface area contributed by atoms with Crippen LogP contribution < -0.4 is 16.4 Å². The van der Waals surface area contributed by atoms with Crippen molar-refractivity contribution in [2.24, 2.45) is 5.73 Å². The summed E-state index contributed by atoms with van der Waals surface area (Å²) in [5, 5.41) is 29.5. The van der Waals surface area contributed by atoms with Crippen molar-refractivity contribution >= 4 is 28.2 Å². The molecule has 0 saturated carbocycles. The molecular weight excluding hydrogens is 594 g/mol. The van der Waals surface area contributed by atoms with Gasteiger partial charge in [0.15, 0.2) is 0 Å². The van der Waals surface area contributed by atoms with Crippen molar-refractivity contribution in [1.29, 1.82) is 0 Å². The molecule has 0 rings (SSSR count). The molecule has 0 radical (unpaired) electrons. The van der Waals surface area contributed by atoms with E-state index in [-0.39, 0.29) is 44.6 Å². The average Bonchev–Trinajstić information content (AvgIpc) is 2.98. The molecule has 0 aromatic heterocycles. The maximum atomic E-state index is 11.2. The predicted molar refractivity (Wildman–Crippen MR) is 174 cm³/mol. The first-order chi connectivity index (χ1) is 20.9. The summed E-state index contributed by atoms with van der Waals surface area (Å²) in [4.78, 5) is 32.2. The fraction of sp³-hybridized carbons (Fsp3) is 0.700. The molecule has 8 N–H and O–H groups in total. The summed E-state index contributed by atoms with van der Waals surface area (Å²) in [6, 6.07) is 0. The zero-order valence-electron chi connectivity index (χ0n) is 26.9. The van der Waals surface area contributed by atoms with E-state index in [2.05, 4.69) is 41.7 Å². The average molecular weight is 654 g/mol. The number of carboxylic acid groups (broad SMARTS) is 1. The minimum Gasteiger partial charge on any atom is -0.481 e. The number of hydrogen-bond donors (Lipinski definition) is 7. The van der Waals surface area contributed by atoms with E-state index in [1.807, 2.05) is 30.4 Å². The van der Waals surface area contributed by atoms with Crippen LogP contribution in [-0.2, 0) is 29.0 Å². The Kier molecular flexibility index (Phi) is 44.3. The van der Waals surface area contributed by atoms with Crippen LogP contribution in [0.3, 0.4) is 0 Å². The van der Waals surface area contributed by atoms with Gasteiger partial charge in [0.1, 0.15) is 0 Å². The fourth-order valence-electron chi connectivity index (χ4n) is 2.55. The summed E-state index contributed by atoms with van der Waals surface area (Å²) in [6.45, 7) is 6.93. The first-order valence-corrected chi connectivity index (χ1v) is 16.6. The van der Waals surface area contributed by atoms with E-state index in [0.29, 0.717) is 38.8 Å². The smallest absolute Gasteiger partial charge is 0.397 e. The second kappa shape index (κ2) is 40.4. The normalized spacial score (nSPS) is 10.8. The van der Waals surface area contributed by atoms with Crippen molar-refractivity contribution in [3.63, 3.8) is 0 Å². The van der Waals surface area contributed by atoms with Gasteiger partial charge in [0.05, 0.1) is 19.8 Å². The van der Waals surface area contributed by atoms with Crippen molar-refractivity contribution in [2.75, 3.05) is 39.5 Å². The van der Waals surface area contributed by atoms with E-state index >= 15 is 0 Å². The number of amides is 2. The number of carbonyl (C=O) groups is 3. The number of carboxylic acids is 1. The largest absolute Gasteiger partial charge is 0.481 e. The minimum atomic E-state index is -4.41. The zero-order valence-corrected chi connectivity index (χ0v) is 27.7. The molecule has 0 unspecified atom stereocenters. The van der Waals surface area contributed by atoms with Gasteiger partial charge in [-0.3, -0.25) is 18.9 Å². The lowest BCUT2D eigenvalue weighted by Crippen LogP contribution is -2.27. The van der Waals surface area contributed by atoms with Gasteiger partial charge < -0.3 is 31.7 Å². The van der Waals surface area contributed by atoms with Crippen LogP contribution in [0.2, 0.25) is 0 Å². The van der Waals surface area contributed by atoms with Gasteiger partial charge in [-0.05, 0) is 38.5 Å². The molecule has 2 amide bonds. The number of allylic oxidation sites excluding steroid dienone is 6. The topological polar surface area (TPSA) is 226 Å². The second-order valence-electron chi connectivity index (χ2n) is 8.98. The number of nitrogens with two attached hydrogens (primary N) is 1. The Morgan fingerprint density at radius 1 is 0.682 bits per heavy atom. The summed E-state index contributed by atoms with van der Waals surface area (Å²) >= 11 is 0. The van der Waals surface area contributed by atoms with Crippen molar-refractivity contribution < 1.29 is 46.9 Å². The van der Waals surface area contributed by atoms with Crippen molar-refractivity contribution in [3.8, 4) is 0 Å². The zero-order chi connectivity index (χ0) is 34.3. The van der Waals surface area contributed by atoms with Gasteiger partial charge in [-0.1, -0.05) is 76.5 Å². The van der Waals surface area contributed by atoms with E-state index in [9.17, 15) is 22.8 Å². The van der Waals surface area contributed by atoms with Crippen molar-refractivity contribution in [3.05, 3.63) is 36.5 Å². The van der Waals surface area contributed by atoms with E-state index < -0.39 is 16.4 Å². The summed E-state index contributed by atoms with van der Waals surface area (Å²) in [5.41, 5.74) is 4.78. The van der Waals surface area contributed by atoms with Crippen LogP contribution in [0, 0.1) is 0 Å². The van der Waals surface area contributed by atoms with Gasteiger partial charge in [-0.25, -0.2) is 4.18 Å². The standard InChI is InChI=1S/C10H19NO5S.C10H19NO2.C8H14O2.C2H7NO/c1-2-3-4-5-6-7-10(12)11-8-9-16-17(13,14)15;1-2-3-4-5-6-7-10(13)11-8-9-12;1-2-3-4-5-6-7-8(9)10;3-1-2-4/h4-5H,2-3,6-9H2,1H3,(H,11,12)(H,13,14,15);4-5,12H,2-3,6-9H2,1H3,(H,11,13);4-5H,2-3,6-7H2,1H3,(H,9,10);4H,1-3H2/b3*5-4+;. The van der Waals surface area contributed by atoms with E-state index in [4.69, 9.17) is 25.6 Å². The lowest BCUT2D eigenvalue weighted by molar-refractivity contribution is -0.137. The molecule has 260 valence electrons. The molecule has 14 heteroatoms. The van der Waals surface area contributed by atoms with Gasteiger partial charge in [-0.2, -0.15) is 8.42 Å². The second-order valence-corrected chi connectivity index (χ2v) is 10.1. The molecular formula is C30H59N3O10S. The quantitative estimate of drug-likeness (QED) is 0.0509. The van der Waals surface area contributed by atoms with Crippen LogP contribution in [-0.4, -0.2) is 85.5 Å². The van der Waals surface area contributed by atoms with Gasteiger partial charge in [0.25, 0.3) is 0 Å². The van der Waals surface area contributed by atoms with Crippen LogP contribution in [0.5, 0.6) is 0 Å². The maximum Gasteiger partial charge on any atom is 0.397 e. The van der Waals surface area contributed by atoms with E-state index in [1.54, 1.807) is 0 Å². The molecule has 0 aromatic carbocycles. The summed E-state index contributed by atoms with van der Waals surface area (Å²) in [7, 11) is -4.41. The number of aliphatic carboxylic acids is 1. The lowest BCUT2D eigenvalue weighted by Gasteiger charge is -2.03. The fourth-order valence-corrected chi connectivity index (χ4v) is 2.85. The number of rotatable bonds is 22. The van der Waals surface area contributed by atoms with Crippen LogP contribution >= 0.6 is 0 Å². The highest BCUT2D eigenvalue weighted by molar-refractivity contribution is 7.80. The molecule has 0 heterocycles. The maximum absolute atomic E-state index is 11.2. The van der Waals surface area contributed by atoms with Gasteiger partial charge in [0, 0.05) is 38.9 Å². The third-order valence-corrected chi connectivity index (χ3v) is 5.15. The SMILES string of the molecule is CCC/C=C/CCC(=O)NCCO.CCC/C=C/CCC(=O)NCCOS(=O)(=O)O.CCC/C=C/CCC(=O)O.NCCO. The first-order valence-electron chi connectivity index (χ1n) is 15.2. The molecule has 44 heavy (non-hydrogen) atoms. The van der Waals surface area contributed by atoms with Crippen molar-refractivity contribution in [2.45, 2.75) is 97.8 Å². The number of carbonyl (C=O) groups excluding carboxylic acids is 2. The van der Waals surface area contributed by atoms with E-state index in [1.165, 1.54) is 0 Å². The van der Waals surface area contributed by atoms with Crippen LogP contribution in [0.4, 0.5) is 0 Å². The first kappa shape index (κ1) is 48.3. The summed E-state index contributed by atoms with van der Waals surface area (Å²) in [6.07, 6.45) is 21.8. The third kappa shape index (κ3) is 58.9. The highest BCUT2D eigenvalue weighted by Crippen LogP contribution is 1.96. The molecule has 0 aromatic rings. The van der Waals surface area contributed by atoms with Gasteiger partial charge in [0.2, 0.25) is 11.8 Å². The Balaban J connectivity index is -0.000000264. The van der Waals surface area contributed by atoms with Crippen LogP contribution in [0.15, 0.2) is 36.5 Å². The molecule has 0 aliphatic rings. The molecule has 0 atom stereocenters. The Hall–Kier alpha value is -2.62. The Morgan fingerprint density at radius 2 is 1.05 bits per heavy atom. The molecule has 0 aliphatic heterocycles. The number of unbranched alkanes of at least 4 members (excludes halogenated alkanes) is 3. The van der Waals surface area contributed by atoms with E-state index in [0.717, 1.165) is 44.9 Å². The number of aliphatic hydroxyl groups is 2. The summed E-state index contributed by atoms with van der Waals surface area (Å²) in [5.74, 6) is -0.888. The highest BCUT2D eigenvalue weighted by Gasteiger charge is 2.04. The van der Waals surface area contributed by atoms with Crippen LogP contribution in [0.1, 0.15) is 97.8 Å². The summed E-state index contributed by atoms with van der Waals surface area (Å²) < 4.78 is 32.6. The Morgan fingerprint density at radius 3 is 1.36 bits per heavy atom. The number of hydrogen-bond acceptors (Lipinski definition) is 9. The molecule has 0 fully saturated rings. The molecule has 0 bridgehead atoms. The predicted octanol–water partition coefficient (Wildman–Crippen LogP) is 3.43. The highest BCUT2D eigenvalue weighted by atomic mass is 32.3. The molecule has 0 spiro atoms. The number of nitrogens with one attached hydrogen (secondary N) is 2. The molecule has 13 nitrogen and oxygen atoms in total. The van der Waals surface area contributed by atoms with Gasteiger partial charge in [-0.15, -0.1) is 0 Å². The Labute approximate surface area is 265 Å². The Bertz CT molecular complexity index is 846. The molecule has 0 saturated heterocycles. The van der Waals surface area contributed by atoms with Gasteiger partial charge >= 0.3 is 16.4 Å². The minimum absolute atomic E-state index is 0.00944. The number of aliphatic hydroxyl groups excluding tert-OH is 2. The van der Waals surface area contributed by atoms with Crippen LogP contribution in [0.25, 0.3) is 0 Å². The lowest BCUT2D eigenvalue weighted by atomic mass is 10.2. The van der Waals surface area contributed by atoms with Crippen molar-refractivity contribution in [1.82, 2.24) is 10.6 Å². The monoisotopic (exact) mass is 653 g/mol. The molecule has 0 aliphatic carbocycles.